The van der Waals surface area contributed by atoms with Crippen molar-refractivity contribution in [1.29, 1.82) is 0 Å². The van der Waals surface area contributed by atoms with Gasteiger partial charge in [-0.05, 0) is 74.0 Å². The van der Waals surface area contributed by atoms with E-state index in [2.05, 4.69) is 47.8 Å². The van der Waals surface area contributed by atoms with Gasteiger partial charge in [-0.2, -0.15) is 0 Å². The lowest BCUT2D eigenvalue weighted by Crippen LogP contribution is -2.55. The number of hydrogen-bond acceptors (Lipinski definition) is 4. The topological polar surface area (TPSA) is 114 Å². The van der Waals surface area contributed by atoms with Gasteiger partial charge in [0.1, 0.15) is 11.8 Å². The summed E-state index contributed by atoms with van der Waals surface area (Å²) in [5.74, 6) is -0.236. The smallest absolute Gasteiger partial charge is 0.322 e. The van der Waals surface area contributed by atoms with Crippen LogP contribution in [-0.4, -0.2) is 65.1 Å². The Kier molecular flexibility index (Phi) is 7.85. The van der Waals surface area contributed by atoms with E-state index in [1.807, 2.05) is 29.2 Å². The van der Waals surface area contributed by atoms with Crippen molar-refractivity contribution >= 4 is 55.5 Å². The molecule has 0 unspecified atom stereocenters. The van der Waals surface area contributed by atoms with Gasteiger partial charge >= 0.3 is 12.1 Å². The van der Waals surface area contributed by atoms with Gasteiger partial charge < -0.3 is 30.9 Å². The molecule has 1 saturated heterocycles. The molecule has 0 bridgehead atoms. The standard InChI is InChI=1S/C24H27Br2N5O4/c1-27-22(33)20(12-14-10-17(25)21(32)18(26)11-14)29-23(34)30-8-6-16(7-9-30)31-13-15-4-2-3-5-19(15)28-24(31)35/h2-5,10-11,16,20,32H,6-9,12-13H2,1H3,(H,27,33)(H,28,35)(H,29,34)/t20-/m1/s1. The number of hydrogen-bond donors (Lipinski definition) is 4. The number of para-hydroxylation sites is 1. The molecular formula is C24H27Br2N5O4. The minimum Gasteiger partial charge on any atom is -0.506 e. The number of phenols is 1. The highest BCUT2D eigenvalue weighted by Crippen LogP contribution is 2.34. The van der Waals surface area contributed by atoms with Gasteiger partial charge in [-0.1, -0.05) is 18.2 Å². The van der Waals surface area contributed by atoms with E-state index in [0.717, 1.165) is 16.8 Å². The van der Waals surface area contributed by atoms with E-state index in [1.165, 1.54) is 7.05 Å². The number of fused-ring (bicyclic) bond motifs is 1. The molecule has 2 aliphatic heterocycles. The van der Waals surface area contributed by atoms with E-state index in [0.29, 0.717) is 41.4 Å². The Morgan fingerprint density at radius 2 is 1.83 bits per heavy atom. The Morgan fingerprint density at radius 3 is 2.49 bits per heavy atom. The first-order chi connectivity index (χ1) is 16.8. The number of anilines is 1. The van der Waals surface area contributed by atoms with Crippen LogP contribution in [0.3, 0.4) is 0 Å². The Labute approximate surface area is 220 Å². The van der Waals surface area contributed by atoms with E-state index in [4.69, 9.17) is 0 Å². The Balaban J connectivity index is 1.36. The third kappa shape index (κ3) is 5.72. The summed E-state index contributed by atoms with van der Waals surface area (Å²) in [6.07, 6.45) is 1.57. The molecule has 11 heteroatoms. The van der Waals surface area contributed by atoms with E-state index in [1.54, 1.807) is 17.0 Å². The van der Waals surface area contributed by atoms with Gasteiger partial charge in [-0.15, -0.1) is 0 Å². The van der Waals surface area contributed by atoms with Gasteiger partial charge in [0.2, 0.25) is 5.91 Å². The van der Waals surface area contributed by atoms with Gasteiger partial charge in [-0.3, -0.25) is 4.79 Å². The summed E-state index contributed by atoms with van der Waals surface area (Å²) >= 11 is 6.59. The molecule has 4 rings (SSSR count). The lowest BCUT2D eigenvalue weighted by molar-refractivity contribution is -0.122. The molecule has 1 atom stereocenters. The zero-order valence-electron chi connectivity index (χ0n) is 19.2. The molecule has 2 aromatic carbocycles. The maximum Gasteiger partial charge on any atom is 0.322 e. The number of halogens is 2. The second-order valence-electron chi connectivity index (χ2n) is 8.66. The highest BCUT2D eigenvalue weighted by Gasteiger charge is 2.33. The SMILES string of the molecule is CNC(=O)[C@@H](Cc1cc(Br)c(O)c(Br)c1)NC(=O)N1CCC(N2Cc3ccccc3NC2=O)CC1. The van der Waals surface area contributed by atoms with Crippen molar-refractivity contribution in [3.63, 3.8) is 0 Å². The molecule has 2 heterocycles. The van der Waals surface area contributed by atoms with Gasteiger partial charge in [0.15, 0.2) is 0 Å². The monoisotopic (exact) mass is 607 g/mol. The molecule has 5 amide bonds. The van der Waals surface area contributed by atoms with Crippen molar-refractivity contribution in [3.05, 3.63) is 56.5 Å². The predicted octanol–water partition coefficient (Wildman–Crippen LogP) is 3.80. The third-order valence-electron chi connectivity index (χ3n) is 6.43. The molecule has 2 aromatic rings. The van der Waals surface area contributed by atoms with Crippen LogP contribution in [-0.2, 0) is 17.8 Å². The summed E-state index contributed by atoms with van der Waals surface area (Å²) in [5, 5.41) is 18.3. The van der Waals surface area contributed by atoms with E-state index < -0.39 is 6.04 Å². The number of aromatic hydroxyl groups is 1. The number of benzene rings is 2. The quantitative estimate of drug-likeness (QED) is 0.413. The fourth-order valence-corrected chi connectivity index (χ4v) is 5.77. The fourth-order valence-electron chi connectivity index (χ4n) is 4.49. The van der Waals surface area contributed by atoms with Crippen LogP contribution in [0.4, 0.5) is 15.3 Å². The predicted molar refractivity (Wildman–Crippen MR) is 139 cm³/mol. The molecule has 0 aromatic heterocycles. The summed E-state index contributed by atoms with van der Waals surface area (Å²) in [4.78, 5) is 41.6. The molecular weight excluding hydrogens is 582 g/mol. The van der Waals surface area contributed by atoms with Crippen molar-refractivity contribution in [1.82, 2.24) is 20.4 Å². The van der Waals surface area contributed by atoms with Crippen molar-refractivity contribution in [3.8, 4) is 5.75 Å². The van der Waals surface area contributed by atoms with Crippen LogP contribution in [0, 0.1) is 0 Å². The average molecular weight is 609 g/mol. The Bertz CT molecular complexity index is 1110. The fraction of sp³-hybridized carbons (Fsp3) is 0.375. The molecule has 9 nitrogen and oxygen atoms in total. The van der Waals surface area contributed by atoms with Crippen molar-refractivity contribution in [2.75, 3.05) is 25.5 Å². The summed E-state index contributed by atoms with van der Waals surface area (Å²) in [6, 6.07) is 10.0. The Morgan fingerprint density at radius 1 is 1.17 bits per heavy atom. The number of likely N-dealkylation sites (N-methyl/N-ethyl adjacent to an activating group) is 1. The van der Waals surface area contributed by atoms with E-state index in [-0.39, 0.29) is 36.2 Å². The van der Waals surface area contributed by atoms with Crippen LogP contribution in [0.2, 0.25) is 0 Å². The van der Waals surface area contributed by atoms with Crippen LogP contribution in [0.5, 0.6) is 5.75 Å². The maximum absolute atomic E-state index is 13.0. The normalized spacial score (nSPS) is 16.8. The summed E-state index contributed by atoms with van der Waals surface area (Å²) in [6.45, 7) is 1.52. The number of carbonyl (C=O) groups excluding carboxylic acids is 3. The number of likely N-dealkylation sites (tertiary alicyclic amines) is 1. The van der Waals surface area contributed by atoms with Crippen LogP contribution in [0.1, 0.15) is 24.0 Å². The number of rotatable bonds is 5. The highest BCUT2D eigenvalue weighted by atomic mass is 79.9. The first-order valence-electron chi connectivity index (χ1n) is 11.4. The molecule has 0 aliphatic carbocycles. The van der Waals surface area contributed by atoms with Crippen molar-refractivity contribution < 1.29 is 19.5 Å². The molecule has 0 saturated carbocycles. The minimum atomic E-state index is -0.780. The largest absolute Gasteiger partial charge is 0.506 e. The van der Waals surface area contributed by atoms with Gasteiger partial charge in [0.05, 0.1) is 8.95 Å². The second-order valence-corrected chi connectivity index (χ2v) is 10.4. The molecule has 1 fully saturated rings. The molecule has 0 radical (unpaired) electrons. The Hall–Kier alpha value is -2.79. The minimum absolute atomic E-state index is 0.0360. The molecule has 186 valence electrons. The van der Waals surface area contributed by atoms with Gasteiger partial charge in [0.25, 0.3) is 0 Å². The van der Waals surface area contributed by atoms with E-state index in [9.17, 15) is 19.5 Å². The van der Waals surface area contributed by atoms with Gasteiger partial charge in [-0.25, -0.2) is 9.59 Å². The molecule has 35 heavy (non-hydrogen) atoms. The number of piperidine rings is 1. The summed E-state index contributed by atoms with van der Waals surface area (Å²) in [5.41, 5.74) is 2.69. The number of phenolic OH excluding ortho intramolecular Hbond substituents is 1. The highest BCUT2D eigenvalue weighted by molar-refractivity contribution is 9.11. The van der Waals surface area contributed by atoms with E-state index >= 15 is 0 Å². The average Bonchev–Trinajstić information content (AvgIpc) is 2.86. The van der Waals surface area contributed by atoms with Crippen LogP contribution in [0.15, 0.2) is 45.3 Å². The number of nitrogens with zero attached hydrogens (tertiary/aromatic N) is 2. The maximum atomic E-state index is 13.0. The second kappa shape index (κ2) is 10.9. The zero-order valence-corrected chi connectivity index (χ0v) is 22.4. The van der Waals surface area contributed by atoms with Gasteiger partial charge in [0, 0.05) is 44.8 Å². The van der Waals surface area contributed by atoms with Crippen LogP contribution in [0.25, 0.3) is 0 Å². The van der Waals surface area contributed by atoms with Crippen LogP contribution >= 0.6 is 31.9 Å². The molecule has 0 spiro atoms. The van der Waals surface area contributed by atoms with Crippen molar-refractivity contribution in [2.24, 2.45) is 0 Å². The molecule has 2 aliphatic rings. The third-order valence-corrected chi connectivity index (χ3v) is 7.64. The lowest BCUT2D eigenvalue weighted by atomic mass is 10.0. The number of amides is 5. The lowest BCUT2D eigenvalue weighted by Gasteiger charge is -2.40. The summed E-state index contributed by atoms with van der Waals surface area (Å²) in [7, 11) is 1.53. The number of carbonyl (C=O) groups is 3. The zero-order chi connectivity index (χ0) is 25.1. The van der Waals surface area contributed by atoms with Crippen LogP contribution < -0.4 is 16.0 Å². The summed E-state index contributed by atoms with van der Waals surface area (Å²) < 4.78 is 0.991. The van der Waals surface area contributed by atoms with Crippen molar-refractivity contribution in [2.45, 2.75) is 37.9 Å². The number of nitrogens with one attached hydrogen (secondary N) is 3. The first kappa shape index (κ1) is 25.3. The first-order valence-corrected chi connectivity index (χ1v) is 12.9. The number of urea groups is 2. The molecule has 4 N–H and O–H groups in total.